The Morgan fingerprint density at radius 2 is 1.45 bits per heavy atom. The standard InChI is InChI=1S/C22H28N4O3/c1-16(27)26(4)20-12-10-18(11-13-20)23-15-21(28)24-19-8-5-17(6-9-19)7-14-22(29)25(2)3/h5-6,8-13,23H,7,14-15H2,1-4H3,(H,24,28). The number of nitrogens with zero attached hydrogens (tertiary/aromatic N) is 2. The number of amides is 3. The normalized spacial score (nSPS) is 10.2. The minimum atomic E-state index is -0.162. The molecule has 7 heteroatoms. The summed E-state index contributed by atoms with van der Waals surface area (Å²) in [7, 11) is 5.20. The quantitative estimate of drug-likeness (QED) is 0.719. The lowest BCUT2D eigenvalue weighted by atomic mass is 10.1. The molecular formula is C22H28N4O3. The van der Waals surface area contributed by atoms with Gasteiger partial charge in [-0.25, -0.2) is 0 Å². The van der Waals surface area contributed by atoms with Crippen LogP contribution < -0.4 is 15.5 Å². The average molecular weight is 396 g/mol. The summed E-state index contributed by atoms with van der Waals surface area (Å²) < 4.78 is 0. The first-order valence-electron chi connectivity index (χ1n) is 9.43. The van der Waals surface area contributed by atoms with Crippen molar-refractivity contribution >= 4 is 34.8 Å². The summed E-state index contributed by atoms with van der Waals surface area (Å²) in [5, 5.41) is 5.89. The molecule has 0 atom stereocenters. The van der Waals surface area contributed by atoms with Crippen molar-refractivity contribution in [2.75, 3.05) is 43.2 Å². The third-order valence-electron chi connectivity index (χ3n) is 4.54. The molecule has 2 rings (SSSR count). The van der Waals surface area contributed by atoms with E-state index in [4.69, 9.17) is 0 Å². The maximum atomic E-state index is 12.1. The van der Waals surface area contributed by atoms with Crippen molar-refractivity contribution in [3.63, 3.8) is 0 Å². The van der Waals surface area contributed by atoms with Gasteiger partial charge in [0, 0.05) is 51.5 Å². The predicted molar refractivity (Wildman–Crippen MR) is 116 cm³/mol. The number of benzene rings is 2. The summed E-state index contributed by atoms with van der Waals surface area (Å²) in [6.07, 6.45) is 1.13. The third-order valence-corrected chi connectivity index (χ3v) is 4.54. The van der Waals surface area contributed by atoms with E-state index in [1.54, 1.807) is 30.9 Å². The number of anilines is 3. The second-order valence-electron chi connectivity index (χ2n) is 7.01. The van der Waals surface area contributed by atoms with Crippen LogP contribution in [0.15, 0.2) is 48.5 Å². The second kappa shape index (κ2) is 10.3. The van der Waals surface area contributed by atoms with E-state index in [0.717, 1.165) is 16.9 Å². The molecule has 0 aromatic heterocycles. The number of carbonyl (C=O) groups is 3. The molecule has 2 N–H and O–H groups in total. The maximum absolute atomic E-state index is 12.1. The number of hydrogen-bond acceptors (Lipinski definition) is 4. The average Bonchev–Trinajstić information content (AvgIpc) is 2.71. The number of rotatable bonds is 8. The molecule has 0 fully saturated rings. The molecule has 154 valence electrons. The number of hydrogen-bond donors (Lipinski definition) is 2. The Morgan fingerprint density at radius 3 is 2.00 bits per heavy atom. The van der Waals surface area contributed by atoms with E-state index in [1.807, 2.05) is 48.5 Å². The van der Waals surface area contributed by atoms with Gasteiger partial charge in [-0.05, 0) is 48.4 Å². The molecule has 29 heavy (non-hydrogen) atoms. The third kappa shape index (κ3) is 6.95. The monoisotopic (exact) mass is 396 g/mol. The zero-order chi connectivity index (χ0) is 21.4. The van der Waals surface area contributed by atoms with Gasteiger partial charge in [0.25, 0.3) is 0 Å². The van der Waals surface area contributed by atoms with E-state index in [1.165, 1.54) is 6.92 Å². The number of carbonyl (C=O) groups excluding carboxylic acids is 3. The van der Waals surface area contributed by atoms with E-state index in [0.29, 0.717) is 18.5 Å². The van der Waals surface area contributed by atoms with Crippen molar-refractivity contribution in [1.82, 2.24) is 4.90 Å². The van der Waals surface area contributed by atoms with Crippen molar-refractivity contribution in [1.29, 1.82) is 0 Å². The number of aryl methyl sites for hydroxylation is 1. The van der Waals surface area contributed by atoms with E-state index < -0.39 is 0 Å². The molecule has 0 unspecified atom stereocenters. The molecular weight excluding hydrogens is 368 g/mol. The van der Waals surface area contributed by atoms with Crippen LogP contribution in [0.25, 0.3) is 0 Å². The van der Waals surface area contributed by atoms with Crippen LogP contribution >= 0.6 is 0 Å². The smallest absolute Gasteiger partial charge is 0.243 e. The molecule has 2 aromatic carbocycles. The van der Waals surface area contributed by atoms with Gasteiger partial charge in [0.05, 0.1) is 6.54 Å². The summed E-state index contributed by atoms with van der Waals surface area (Å²) in [4.78, 5) is 38.3. The van der Waals surface area contributed by atoms with Crippen molar-refractivity contribution in [3.8, 4) is 0 Å². The Labute approximate surface area is 171 Å². The molecule has 0 aliphatic heterocycles. The lowest BCUT2D eigenvalue weighted by Crippen LogP contribution is -2.23. The summed E-state index contributed by atoms with van der Waals surface area (Å²) in [5.41, 5.74) is 3.34. The van der Waals surface area contributed by atoms with E-state index >= 15 is 0 Å². The highest BCUT2D eigenvalue weighted by Crippen LogP contribution is 2.17. The molecule has 0 radical (unpaired) electrons. The van der Waals surface area contributed by atoms with Crippen LogP contribution in [0, 0.1) is 0 Å². The molecule has 0 heterocycles. The van der Waals surface area contributed by atoms with Crippen LogP contribution in [0.4, 0.5) is 17.1 Å². The molecule has 0 spiro atoms. The lowest BCUT2D eigenvalue weighted by Gasteiger charge is -2.15. The Balaban J connectivity index is 1.80. The van der Waals surface area contributed by atoms with E-state index in [-0.39, 0.29) is 24.3 Å². The SMILES string of the molecule is CC(=O)N(C)c1ccc(NCC(=O)Nc2ccc(CCC(=O)N(C)C)cc2)cc1. The fourth-order valence-electron chi connectivity index (χ4n) is 2.60. The molecule has 7 nitrogen and oxygen atoms in total. The van der Waals surface area contributed by atoms with Crippen molar-refractivity contribution < 1.29 is 14.4 Å². The van der Waals surface area contributed by atoms with Gasteiger partial charge in [-0.2, -0.15) is 0 Å². The van der Waals surface area contributed by atoms with Gasteiger partial charge >= 0.3 is 0 Å². The Kier molecular flexibility index (Phi) is 7.77. The first-order valence-corrected chi connectivity index (χ1v) is 9.43. The van der Waals surface area contributed by atoms with Crippen LogP contribution in [0.3, 0.4) is 0 Å². The van der Waals surface area contributed by atoms with Gasteiger partial charge in [-0.15, -0.1) is 0 Å². The largest absolute Gasteiger partial charge is 0.376 e. The second-order valence-corrected chi connectivity index (χ2v) is 7.01. The highest BCUT2D eigenvalue weighted by atomic mass is 16.2. The fraction of sp³-hybridized carbons (Fsp3) is 0.318. The molecule has 2 aromatic rings. The van der Waals surface area contributed by atoms with Crippen LogP contribution in [0.5, 0.6) is 0 Å². The molecule has 0 saturated carbocycles. The number of nitrogens with one attached hydrogen (secondary N) is 2. The van der Waals surface area contributed by atoms with Gasteiger partial charge in [-0.1, -0.05) is 12.1 Å². The highest BCUT2D eigenvalue weighted by molar-refractivity contribution is 5.94. The van der Waals surface area contributed by atoms with Crippen LogP contribution in [-0.4, -0.2) is 50.3 Å². The Morgan fingerprint density at radius 1 is 0.862 bits per heavy atom. The lowest BCUT2D eigenvalue weighted by molar-refractivity contribution is -0.128. The van der Waals surface area contributed by atoms with Gasteiger partial charge < -0.3 is 20.4 Å². The van der Waals surface area contributed by atoms with Crippen LogP contribution in [0.1, 0.15) is 18.9 Å². The summed E-state index contributed by atoms with van der Waals surface area (Å²) in [6.45, 7) is 1.63. The Hall–Kier alpha value is -3.35. The molecule has 0 aliphatic carbocycles. The summed E-state index contributed by atoms with van der Waals surface area (Å²) in [6, 6.07) is 14.8. The zero-order valence-electron chi connectivity index (χ0n) is 17.4. The van der Waals surface area contributed by atoms with Crippen LogP contribution in [-0.2, 0) is 20.8 Å². The summed E-state index contributed by atoms with van der Waals surface area (Å²) >= 11 is 0. The minimum Gasteiger partial charge on any atom is -0.376 e. The first kappa shape index (κ1) is 21.9. The molecule has 0 aliphatic rings. The predicted octanol–water partition coefficient (Wildman–Crippen LogP) is 2.74. The van der Waals surface area contributed by atoms with Crippen molar-refractivity contribution in [2.45, 2.75) is 19.8 Å². The van der Waals surface area contributed by atoms with E-state index in [2.05, 4.69) is 10.6 Å². The molecule has 0 bridgehead atoms. The zero-order valence-corrected chi connectivity index (χ0v) is 17.4. The topological polar surface area (TPSA) is 81.8 Å². The van der Waals surface area contributed by atoms with Gasteiger partial charge in [0.2, 0.25) is 17.7 Å². The maximum Gasteiger partial charge on any atom is 0.243 e. The van der Waals surface area contributed by atoms with Crippen molar-refractivity contribution in [2.24, 2.45) is 0 Å². The fourth-order valence-corrected chi connectivity index (χ4v) is 2.60. The Bertz CT molecular complexity index is 845. The van der Waals surface area contributed by atoms with Gasteiger partial charge in [0.1, 0.15) is 0 Å². The molecule has 0 saturated heterocycles. The van der Waals surface area contributed by atoms with Crippen molar-refractivity contribution in [3.05, 3.63) is 54.1 Å². The van der Waals surface area contributed by atoms with Gasteiger partial charge in [0.15, 0.2) is 0 Å². The minimum absolute atomic E-state index is 0.0413. The first-order chi connectivity index (χ1) is 13.8. The van der Waals surface area contributed by atoms with E-state index in [9.17, 15) is 14.4 Å². The molecule has 3 amide bonds. The highest BCUT2D eigenvalue weighted by Gasteiger charge is 2.07. The summed E-state index contributed by atoms with van der Waals surface area (Å²) in [5.74, 6) is -0.111. The van der Waals surface area contributed by atoms with Crippen LogP contribution in [0.2, 0.25) is 0 Å². The van der Waals surface area contributed by atoms with Gasteiger partial charge in [-0.3, -0.25) is 14.4 Å².